The Bertz CT molecular complexity index is 784. The molecular formula is C20H25NO3. The van der Waals surface area contributed by atoms with Gasteiger partial charge in [0.05, 0.1) is 18.2 Å². The molecule has 24 heavy (non-hydrogen) atoms. The van der Waals surface area contributed by atoms with Gasteiger partial charge in [0.15, 0.2) is 5.78 Å². The molecule has 0 aliphatic rings. The van der Waals surface area contributed by atoms with Gasteiger partial charge in [-0.05, 0) is 18.6 Å². The quantitative estimate of drug-likeness (QED) is 0.430. The van der Waals surface area contributed by atoms with Crippen LogP contribution in [0.25, 0.3) is 10.9 Å². The summed E-state index contributed by atoms with van der Waals surface area (Å²) in [6, 6.07) is 5.39. The summed E-state index contributed by atoms with van der Waals surface area (Å²) in [5.41, 5.74) is 3.16. The van der Waals surface area contributed by atoms with E-state index < -0.39 is 0 Å². The van der Waals surface area contributed by atoms with Gasteiger partial charge in [-0.1, -0.05) is 39.3 Å². The predicted octanol–water partition coefficient (Wildman–Crippen LogP) is 4.41. The van der Waals surface area contributed by atoms with E-state index in [1.54, 1.807) is 12.1 Å². The van der Waals surface area contributed by atoms with Crippen molar-refractivity contribution in [1.29, 1.82) is 0 Å². The van der Waals surface area contributed by atoms with E-state index >= 15 is 0 Å². The smallest absolute Gasteiger partial charge is 0.337 e. The van der Waals surface area contributed by atoms with E-state index in [-0.39, 0.29) is 17.7 Å². The molecule has 0 N–H and O–H groups in total. The Kier molecular flexibility index (Phi) is 5.60. The molecule has 4 heteroatoms. The highest BCUT2D eigenvalue weighted by Gasteiger charge is 2.24. The molecule has 0 atom stereocenters. The Morgan fingerprint density at radius 3 is 2.58 bits per heavy atom. The maximum Gasteiger partial charge on any atom is 0.337 e. The molecule has 0 saturated heterocycles. The number of rotatable bonds is 7. The summed E-state index contributed by atoms with van der Waals surface area (Å²) in [5.74, 6) is -0.321. The molecule has 0 unspecified atom stereocenters. The standard InChI is InChI=1S/C20H25NO3/c1-6-8-16-18(19(22)13(3)4)15-10-9-14(20(23)24-5)12-17(15)21(16)11-7-2/h7,9-10,12-13H,2,6,8,11H2,1,3-5H3. The molecule has 0 spiro atoms. The lowest BCUT2D eigenvalue weighted by Crippen LogP contribution is -2.11. The maximum absolute atomic E-state index is 12.8. The Hall–Kier alpha value is -2.36. The third-order valence-electron chi connectivity index (χ3n) is 4.16. The van der Waals surface area contributed by atoms with Crippen molar-refractivity contribution in [2.45, 2.75) is 40.2 Å². The lowest BCUT2D eigenvalue weighted by Gasteiger charge is -2.10. The minimum atomic E-state index is -0.378. The average molecular weight is 327 g/mol. The Labute approximate surface area is 143 Å². The molecule has 0 fully saturated rings. The van der Waals surface area contributed by atoms with E-state index in [2.05, 4.69) is 18.1 Å². The molecule has 0 amide bonds. The van der Waals surface area contributed by atoms with Gasteiger partial charge in [-0.2, -0.15) is 0 Å². The molecule has 2 aromatic rings. The van der Waals surface area contributed by atoms with Crippen molar-refractivity contribution in [1.82, 2.24) is 4.57 Å². The zero-order chi connectivity index (χ0) is 17.9. The average Bonchev–Trinajstić information content (AvgIpc) is 2.87. The highest BCUT2D eigenvalue weighted by Crippen LogP contribution is 2.30. The number of aromatic nitrogens is 1. The summed E-state index contributed by atoms with van der Waals surface area (Å²) in [4.78, 5) is 24.7. The van der Waals surface area contributed by atoms with Crippen LogP contribution in [-0.4, -0.2) is 23.4 Å². The van der Waals surface area contributed by atoms with Crippen LogP contribution in [0.3, 0.4) is 0 Å². The zero-order valence-corrected chi connectivity index (χ0v) is 14.9. The molecule has 0 radical (unpaired) electrons. The molecule has 1 aromatic carbocycles. The second kappa shape index (κ2) is 7.47. The van der Waals surface area contributed by atoms with Crippen molar-refractivity contribution in [2.75, 3.05) is 7.11 Å². The third kappa shape index (κ3) is 3.14. The molecule has 1 heterocycles. The Morgan fingerprint density at radius 1 is 1.33 bits per heavy atom. The number of nitrogens with zero attached hydrogens (tertiary/aromatic N) is 1. The maximum atomic E-state index is 12.8. The Balaban J connectivity index is 2.82. The summed E-state index contributed by atoms with van der Waals surface area (Å²) < 4.78 is 6.91. The molecule has 2 rings (SSSR count). The lowest BCUT2D eigenvalue weighted by molar-refractivity contribution is 0.0600. The molecule has 0 aliphatic heterocycles. The first-order chi connectivity index (χ1) is 11.5. The topological polar surface area (TPSA) is 48.3 Å². The predicted molar refractivity (Wildman–Crippen MR) is 96.6 cm³/mol. The molecule has 128 valence electrons. The summed E-state index contributed by atoms with van der Waals surface area (Å²) in [6.45, 7) is 10.4. The first kappa shape index (κ1) is 18.0. The van der Waals surface area contributed by atoms with Gasteiger partial charge in [-0.15, -0.1) is 6.58 Å². The van der Waals surface area contributed by atoms with Crippen molar-refractivity contribution in [3.8, 4) is 0 Å². The summed E-state index contributed by atoms with van der Waals surface area (Å²) in [7, 11) is 1.37. The number of ketones is 1. The number of esters is 1. The van der Waals surface area contributed by atoms with Crippen LogP contribution in [0.4, 0.5) is 0 Å². The number of methoxy groups -OCH3 is 1. The van der Waals surface area contributed by atoms with Crippen molar-refractivity contribution in [3.05, 3.63) is 47.7 Å². The minimum Gasteiger partial charge on any atom is -0.465 e. The summed E-state index contributed by atoms with van der Waals surface area (Å²) in [6.07, 6.45) is 3.56. The second-order valence-corrected chi connectivity index (χ2v) is 6.21. The van der Waals surface area contributed by atoms with E-state index in [4.69, 9.17) is 4.74 Å². The fourth-order valence-corrected chi connectivity index (χ4v) is 3.05. The Morgan fingerprint density at radius 2 is 2.04 bits per heavy atom. The summed E-state index contributed by atoms with van der Waals surface area (Å²) >= 11 is 0. The number of carbonyl (C=O) groups is 2. The van der Waals surface area contributed by atoms with Gasteiger partial charge >= 0.3 is 5.97 Å². The van der Waals surface area contributed by atoms with Crippen LogP contribution in [0, 0.1) is 5.92 Å². The van der Waals surface area contributed by atoms with Crippen LogP contribution in [0.1, 0.15) is 53.6 Å². The van der Waals surface area contributed by atoms with E-state index in [0.717, 1.165) is 35.0 Å². The SMILES string of the molecule is C=CCn1c(CCC)c(C(=O)C(C)C)c2ccc(C(=O)OC)cc21. The number of hydrogen-bond donors (Lipinski definition) is 0. The number of allylic oxidation sites excluding steroid dienone is 1. The molecule has 0 bridgehead atoms. The van der Waals surface area contributed by atoms with Crippen LogP contribution in [0.15, 0.2) is 30.9 Å². The van der Waals surface area contributed by atoms with Crippen molar-refractivity contribution >= 4 is 22.7 Å². The normalized spacial score (nSPS) is 11.0. The van der Waals surface area contributed by atoms with Crippen LogP contribution in [0.2, 0.25) is 0 Å². The molecule has 1 aromatic heterocycles. The lowest BCUT2D eigenvalue weighted by atomic mass is 9.96. The second-order valence-electron chi connectivity index (χ2n) is 6.21. The monoisotopic (exact) mass is 327 g/mol. The van der Waals surface area contributed by atoms with Gasteiger partial charge in [0, 0.05) is 29.1 Å². The van der Waals surface area contributed by atoms with Crippen molar-refractivity contribution in [2.24, 2.45) is 5.92 Å². The van der Waals surface area contributed by atoms with Crippen molar-refractivity contribution < 1.29 is 14.3 Å². The van der Waals surface area contributed by atoms with Gasteiger partial charge in [-0.25, -0.2) is 4.79 Å². The van der Waals surface area contributed by atoms with Gasteiger partial charge < -0.3 is 9.30 Å². The van der Waals surface area contributed by atoms with Crippen LogP contribution in [-0.2, 0) is 17.7 Å². The summed E-state index contributed by atoms with van der Waals surface area (Å²) in [5, 5.41) is 0.895. The number of hydrogen-bond acceptors (Lipinski definition) is 3. The van der Waals surface area contributed by atoms with Gasteiger partial charge in [0.1, 0.15) is 0 Å². The van der Waals surface area contributed by atoms with Crippen molar-refractivity contribution in [3.63, 3.8) is 0 Å². The fourth-order valence-electron chi connectivity index (χ4n) is 3.05. The highest BCUT2D eigenvalue weighted by molar-refractivity contribution is 6.11. The highest BCUT2D eigenvalue weighted by atomic mass is 16.5. The minimum absolute atomic E-state index is 0.0799. The number of ether oxygens (including phenoxy) is 1. The number of carbonyl (C=O) groups excluding carboxylic acids is 2. The first-order valence-electron chi connectivity index (χ1n) is 8.34. The van der Waals surface area contributed by atoms with Crippen LogP contribution < -0.4 is 0 Å². The molecular weight excluding hydrogens is 302 g/mol. The van der Waals surface area contributed by atoms with E-state index in [1.165, 1.54) is 7.11 Å². The molecule has 0 saturated carbocycles. The van der Waals surface area contributed by atoms with Crippen LogP contribution >= 0.6 is 0 Å². The van der Waals surface area contributed by atoms with Crippen LogP contribution in [0.5, 0.6) is 0 Å². The molecule has 0 aliphatic carbocycles. The zero-order valence-electron chi connectivity index (χ0n) is 14.9. The van der Waals surface area contributed by atoms with Gasteiger partial charge in [0.2, 0.25) is 0 Å². The fraction of sp³-hybridized carbons (Fsp3) is 0.400. The first-order valence-corrected chi connectivity index (χ1v) is 8.34. The third-order valence-corrected chi connectivity index (χ3v) is 4.16. The van der Waals surface area contributed by atoms with E-state index in [1.807, 2.05) is 26.0 Å². The molecule has 4 nitrogen and oxygen atoms in total. The number of Topliss-reactive ketones (excluding diaryl/α,β-unsaturated/α-hetero) is 1. The van der Waals surface area contributed by atoms with Gasteiger partial charge in [0.25, 0.3) is 0 Å². The largest absolute Gasteiger partial charge is 0.465 e. The number of benzene rings is 1. The number of fused-ring (bicyclic) bond motifs is 1. The van der Waals surface area contributed by atoms with E-state index in [0.29, 0.717) is 12.1 Å². The van der Waals surface area contributed by atoms with E-state index in [9.17, 15) is 9.59 Å². The van der Waals surface area contributed by atoms with Gasteiger partial charge in [-0.3, -0.25) is 4.79 Å².